The molecule has 1 aromatic rings. The molecule has 0 bridgehead atoms. The standard InChI is InChI=1S/C18H31NO2/c1-7-10-19-18(6,12-20)13-21-16-9-8-15(11-14(16)2)17(3,4)5/h8-9,11,19-20H,7,10,12-13H2,1-6H3. The van der Waals surface area contributed by atoms with Crippen LogP contribution in [-0.4, -0.2) is 30.4 Å². The molecule has 0 amide bonds. The molecule has 0 aliphatic carbocycles. The topological polar surface area (TPSA) is 41.5 Å². The largest absolute Gasteiger partial charge is 0.491 e. The van der Waals surface area contributed by atoms with Crippen molar-refractivity contribution in [3.05, 3.63) is 29.3 Å². The van der Waals surface area contributed by atoms with E-state index in [1.165, 1.54) is 5.56 Å². The molecule has 0 saturated heterocycles. The first-order valence-corrected chi connectivity index (χ1v) is 7.81. The fourth-order valence-electron chi connectivity index (χ4n) is 2.09. The van der Waals surface area contributed by atoms with Crippen LogP contribution >= 0.6 is 0 Å². The molecule has 0 heterocycles. The molecule has 0 saturated carbocycles. The second kappa shape index (κ2) is 7.28. The van der Waals surface area contributed by atoms with E-state index >= 15 is 0 Å². The third-order valence-corrected chi connectivity index (χ3v) is 3.74. The maximum Gasteiger partial charge on any atom is 0.122 e. The van der Waals surface area contributed by atoms with Gasteiger partial charge in [0.05, 0.1) is 12.1 Å². The highest BCUT2D eigenvalue weighted by atomic mass is 16.5. The monoisotopic (exact) mass is 293 g/mol. The zero-order valence-corrected chi connectivity index (χ0v) is 14.4. The van der Waals surface area contributed by atoms with E-state index < -0.39 is 5.54 Å². The highest BCUT2D eigenvalue weighted by molar-refractivity contribution is 5.38. The van der Waals surface area contributed by atoms with E-state index in [4.69, 9.17) is 4.74 Å². The Hall–Kier alpha value is -1.06. The first-order chi connectivity index (χ1) is 9.72. The number of benzene rings is 1. The molecule has 1 unspecified atom stereocenters. The van der Waals surface area contributed by atoms with Crippen LogP contribution < -0.4 is 10.1 Å². The van der Waals surface area contributed by atoms with Gasteiger partial charge in [-0.25, -0.2) is 0 Å². The SMILES string of the molecule is CCCNC(C)(CO)COc1ccc(C(C)(C)C)cc1C. The number of hydrogen-bond donors (Lipinski definition) is 2. The Balaban J connectivity index is 2.75. The minimum Gasteiger partial charge on any atom is -0.491 e. The predicted octanol–water partition coefficient (Wildman–Crippen LogP) is 3.42. The van der Waals surface area contributed by atoms with Crippen LogP contribution in [0.25, 0.3) is 0 Å². The minimum atomic E-state index is -0.398. The van der Waals surface area contributed by atoms with E-state index in [1.807, 2.05) is 13.0 Å². The van der Waals surface area contributed by atoms with Gasteiger partial charge in [-0.15, -0.1) is 0 Å². The smallest absolute Gasteiger partial charge is 0.122 e. The van der Waals surface area contributed by atoms with Crippen molar-refractivity contribution in [2.45, 2.75) is 58.9 Å². The maximum atomic E-state index is 9.57. The molecule has 3 heteroatoms. The van der Waals surface area contributed by atoms with Gasteiger partial charge in [0.25, 0.3) is 0 Å². The molecule has 0 spiro atoms. The van der Waals surface area contributed by atoms with Gasteiger partial charge in [0.2, 0.25) is 0 Å². The van der Waals surface area contributed by atoms with Crippen molar-refractivity contribution in [3.63, 3.8) is 0 Å². The number of hydrogen-bond acceptors (Lipinski definition) is 3. The number of rotatable bonds is 7. The summed E-state index contributed by atoms with van der Waals surface area (Å²) < 4.78 is 5.94. The number of ether oxygens (including phenoxy) is 1. The molecule has 1 atom stereocenters. The van der Waals surface area contributed by atoms with E-state index in [-0.39, 0.29) is 12.0 Å². The Labute approximate surface area is 129 Å². The lowest BCUT2D eigenvalue weighted by molar-refractivity contribution is 0.115. The van der Waals surface area contributed by atoms with Crippen LogP contribution in [0.15, 0.2) is 18.2 Å². The van der Waals surface area contributed by atoms with E-state index in [0.717, 1.165) is 24.3 Å². The molecular weight excluding hydrogens is 262 g/mol. The normalized spacial score (nSPS) is 14.8. The summed E-state index contributed by atoms with van der Waals surface area (Å²) in [6, 6.07) is 6.34. The van der Waals surface area contributed by atoms with Gasteiger partial charge in [-0.3, -0.25) is 0 Å². The summed E-state index contributed by atoms with van der Waals surface area (Å²) in [5.74, 6) is 0.890. The van der Waals surface area contributed by atoms with Crippen molar-refractivity contribution in [2.24, 2.45) is 0 Å². The highest BCUT2D eigenvalue weighted by Crippen LogP contribution is 2.27. The molecule has 0 aromatic heterocycles. The van der Waals surface area contributed by atoms with E-state index in [9.17, 15) is 5.11 Å². The third kappa shape index (κ3) is 5.33. The third-order valence-electron chi connectivity index (χ3n) is 3.74. The number of aryl methyl sites for hydroxylation is 1. The quantitative estimate of drug-likeness (QED) is 0.809. The van der Waals surface area contributed by atoms with Gasteiger partial charge < -0.3 is 15.2 Å². The second-order valence-electron chi connectivity index (χ2n) is 7.16. The molecule has 1 rings (SSSR count). The van der Waals surface area contributed by atoms with Gasteiger partial charge in [-0.2, -0.15) is 0 Å². The molecule has 0 aliphatic heterocycles. The van der Waals surface area contributed by atoms with Gasteiger partial charge in [0.1, 0.15) is 12.4 Å². The highest BCUT2D eigenvalue weighted by Gasteiger charge is 2.24. The van der Waals surface area contributed by atoms with Crippen LogP contribution in [0.1, 0.15) is 52.2 Å². The van der Waals surface area contributed by atoms with Gasteiger partial charge in [0, 0.05) is 0 Å². The first-order valence-electron chi connectivity index (χ1n) is 7.81. The fraction of sp³-hybridized carbons (Fsp3) is 0.667. The van der Waals surface area contributed by atoms with Crippen molar-refractivity contribution in [1.29, 1.82) is 0 Å². The summed E-state index contributed by atoms with van der Waals surface area (Å²) in [6.07, 6.45) is 1.04. The maximum absolute atomic E-state index is 9.57. The summed E-state index contributed by atoms with van der Waals surface area (Å²) in [5.41, 5.74) is 2.19. The van der Waals surface area contributed by atoms with Gasteiger partial charge in [-0.05, 0) is 49.4 Å². The van der Waals surface area contributed by atoms with E-state index in [2.05, 4.69) is 52.1 Å². The lowest BCUT2D eigenvalue weighted by atomic mass is 9.86. The fourth-order valence-corrected chi connectivity index (χ4v) is 2.09. The van der Waals surface area contributed by atoms with Crippen LogP contribution in [0.3, 0.4) is 0 Å². The van der Waals surface area contributed by atoms with E-state index in [1.54, 1.807) is 0 Å². The Morgan fingerprint density at radius 2 is 1.86 bits per heavy atom. The number of nitrogens with one attached hydrogen (secondary N) is 1. The molecule has 2 N–H and O–H groups in total. The Morgan fingerprint density at radius 1 is 1.19 bits per heavy atom. The zero-order chi connectivity index (χ0) is 16.1. The van der Waals surface area contributed by atoms with Crippen molar-refractivity contribution < 1.29 is 9.84 Å². The van der Waals surface area contributed by atoms with Crippen molar-refractivity contribution in [2.75, 3.05) is 19.8 Å². The van der Waals surface area contributed by atoms with Crippen LogP contribution in [0.5, 0.6) is 5.75 Å². The Bertz CT molecular complexity index is 451. The van der Waals surface area contributed by atoms with Crippen molar-refractivity contribution in [1.82, 2.24) is 5.32 Å². The molecule has 0 fully saturated rings. The summed E-state index contributed by atoms with van der Waals surface area (Å²) >= 11 is 0. The first kappa shape index (κ1) is 18.0. The zero-order valence-electron chi connectivity index (χ0n) is 14.4. The molecule has 3 nitrogen and oxygen atoms in total. The van der Waals surface area contributed by atoms with Crippen molar-refractivity contribution in [3.8, 4) is 5.75 Å². The van der Waals surface area contributed by atoms with Crippen LogP contribution in [0.4, 0.5) is 0 Å². The lowest BCUT2D eigenvalue weighted by Crippen LogP contribution is -2.50. The van der Waals surface area contributed by atoms with E-state index in [0.29, 0.717) is 6.61 Å². The van der Waals surface area contributed by atoms with Gasteiger partial charge in [-0.1, -0.05) is 39.8 Å². The molecule has 1 aromatic carbocycles. The summed E-state index contributed by atoms with van der Waals surface area (Å²) in [4.78, 5) is 0. The Morgan fingerprint density at radius 3 is 2.33 bits per heavy atom. The molecule has 0 radical (unpaired) electrons. The average Bonchev–Trinajstić information content (AvgIpc) is 2.42. The van der Waals surface area contributed by atoms with Crippen LogP contribution in [0, 0.1) is 6.92 Å². The van der Waals surface area contributed by atoms with Gasteiger partial charge >= 0.3 is 0 Å². The predicted molar refractivity (Wildman–Crippen MR) is 89.2 cm³/mol. The van der Waals surface area contributed by atoms with Crippen molar-refractivity contribution >= 4 is 0 Å². The van der Waals surface area contributed by atoms with Crippen LogP contribution in [-0.2, 0) is 5.41 Å². The second-order valence-corrected chi connectivity index (χ2v) is 7.16. The average molecular weight is 293 g/mol. The molecule has 120 valence electrons. The Kier molecular flexibility index (Phi) is 6.24. The summed E-state index contributed by atoms with van der Waals surface area (Å²) in [6.45, 7) is 14.2. The lowest BCUT2D eigenvalue weighted by Gasteiger charge is -2.29. The molecular formula is C18H31NO2. The number of aliphatic hydroxyl groups excluding tert-OH is 1. The van der Waals surface area contributed by atoms with Crippen LogP contribution in [0.2, 0.25) is 0 Å². The number of aliphatic hydroxyl groups is 1. The molecule has 0 aliphatic rings. The summed E-state index contributed by atoms with van der Waals surface area (Å²) in [7, 11) is 0. The molecule has 21 heavy (non-hydrogen) atoms. The van der Waals surface area contributed by atoms with Gasteiger partial charge in [0.15, 0.2) is 0 Å². The minimum absolute atomic E-state index is 0.0616. The summed E-state index contributed by atoms with van der Waals surface area (Å²) in [5, 5.41) is 12.9.